The second kappa shape index (κ2) is 3.92. The number of nitrogens with one attached hydrogen (secondary N) is 2. The quantitative estimate of drug-likeness (QED) is 0.738. The molecule has 0 bridgehead atoms. The lowest BCUT2D eigenvalue weighted by Gasteiger charge is -2.15. The molecule has 0 spiro atoms. The monoisotopic (exact) mass is 179 g/mol. The smallest absolute Gasteiger partial charge is 0.0490 e. The Balaban J connectivity index is 2.05. The Hall–Kier alpha value is -0.830. The van der Waals surface area contributed by atoms with Gasteiger partial charge < -0.3 is 5.32 Å². The lowest BCUT2D eigenvalue weighted by Crippen LogP contribution is -2.10. The Morgan fingerprint density at radius 3 is 3.15 bits per heavy atom. The van der Waals surface area contributed by atoms with Crippen molar-refractivity contribution in [2.75, 3.05) is 13.1 Å². The van der Waals surface area contributed by atoms with Crippen LogP contribution in [0.1, 0.15) is 31.4 Å². The molecule has 0 amide bonds. The molecule has 1 aromatic rings. The summed E-state index contributed by atoms with van der Waals surface area (Å²) in [7, 11) is 0. The molecule has 2 heterocycles. The number of rotatable bonds is 3. The van der Waals surface area contributed by atoms with Gasteiger partial charge in [-0.25, -0.2) is 0 Å². The highest BCUT2D eigenvalue weighted by molar-refractivity contribution is 5.10. The van der Waals surface area contributed by atoms with Gasteiger partial charge in [-0.05, 0) is 24.9 Å². The molecule has 0 saturated carbocycles. The summed E-state index contributed by atoms with van der Waals surface area (Å²) in [6.07, 6.45) is 4.43. The summed E-state index contributed by atoms with van der Waals surface area (Å²) in [5.74, 6) is 1.45. The van der Waals surface area contributed by atoms with E-state index >= 15 is 0 Å². The van der Waals surface area contributed by atoms with Crippen LogP contribution in [0, 0.1) is 5.92 Å². The number of aromatic nitrogens is 2. The van der Waals surface area contributed by atoms with E-state index in [9.17, 15) is 0 Å². The molecule has 72 valence electrons. The maximum Gasteiger partial charge on any atom is 0.0490 e. The van der Waals surface area contributed by atoms with E-state index in [4.69, 9.17) is 0 Å². The van der Waals surface area contributed by atoms with Crippen molar-refractivity contribution in [1.82, 2.24) is 15.5 Å². The maximum absolute atomic E-state index is 4.01. The van der Waals surface area contributed by atoms with Gasteiger partial charge >= 0.3 is 0 Å². The predicted molar refractivity (Wildman–Crippen MR) is 52.6 cm³/mol. The highest BCUT2D eigenvalue weighted by Gasteiger charge is 2.28. The van der Waals surface area contributed by atoms with Crippen molar-refractivity contribution < 1.29 is 0 Å². The molecule has 0 aromatic carbocycles. The summed E-state index contributed by atoms with van der Waals surface area (Å²) in [6, 6.07) is 2.10. The van der Waals surface area contributed by atoms with E-state index < -0.39 is 0 Å². The van der Waals surface area contributed by atoms with Gasteiger partial charge in [-0.1, -0.05) is 13.3 Å². The highest BCUT2D eigenvalue weighted by atomic mass is 15.1. The number of aromatic amines is 1. The number of nitrogens with zero attached hydrogens (tertiary/aromatic N) is 1. The van der Waals surface area contributed by atoms with Gasteiger partial charge in [0.2, 0.25) is 0 Å². The average molecular weight is 179 g/mol. The number of hydrogen-bond acceptors (Lipinski definition) is 2. The Morgan fingerprint density at radius 2 is 2.46 bits per heavy atom. The van der Waals surface area contributed by atoms with Crippen LogP contribution in [0.2, 0.25) is 0 Å². The fourth-order valence-electron chi connectivity index (χ4n) is 2.24. The Labute approximate surface area is 78.9 Å². The molecule has 1 aliphatic rings. The fourth-order valence-corrected chi connectivity index (χ4v) is 2.24. The minimum absolute atomic E-state index is 0.655. The van der Waals surface area contributed by atoms with Crippen molar-refractivity contribution in [2.45, 2.75) is 25.7 Å². The second-order valence-electron chi connectivity index (χ2n) is 3.83. The SMILES string of the molecule is CCC[C@H]1CNC[C@@H]1c1ccn[nH]1. The van der Waals surface area contributed by atoms with E-state index in [0.29, 0.717) is 5.92 Å². The highest BCUT2D eigenvalue weighted by Crippen LogP contribution is 2.29. The topological polar surface area (TPSA) is 40.7 Å². The zero-order chi connectivity index (χ0) is 9.10. The van der Waals surface area contributed by atoms with Crippen molar-refractivity contribution in [1.29, 1.82) is 0 Å². The van der Waals surface area contributed by atoms with Crippen LogP contribution in [-0.4, -0.2) is 23.3 Å². The Morgan fingerprint density at radius 1 is 1.54 bits per heavy atom. The van der Waals surface area contributed by atoms with Gasteiger partial charge in [0.15, 0.2) is 0 Å². The zero-order valence-corrected chi connectivity index (χ0v) is 8.09. The summed E-state index contributed by atoms with van der Waals surface area (Å²) in [5.41, 5.74) is 1.29. The predicted octanol–water partition coefficient (Wildman–Crippen LogP) is 1.51. The van der Waals surface area contributed by atoms with Gasteiger partial charge in [-0.15, -0.1) is 0 Å². The van der Waals surface area contributed by atoms with E-state index in [2.05, 4.69) is 28.5 Å². The van der Waals surface area contributed by atoms with E-state index in [1.54, 1.807) is 0 Å². The molecule has 1 fully saturated rings. The van der Waals surface area contributed by atoms with Gasteiger partial charge in [-0.2, -0.15) is 5.10 Å². The minimum atomic E-state index is 0.655. The van der Waals surface area contributed by atoms with E-state index in [1.165, 1.54) is 18.5 Å². The van der Waals surface area contributed by atoms with Crippen molar-refractivity contribution in [3.8, 4) is 0 Å². The first-order valence-electron chi connectivity index (χ1n) is 5.11. The number of hydrogen-bond donors (Lipinski definition) is 2. The standard InChI is InChI=1S/C10H17N3/c1-2-3-8-6-11-7-9(8)10-4-5-12-13-10/h4-5,8-9,11H,2-3,6-7H2,1H3,(H,12,13)/t8-,9-/m0/s1. The van der Waals surface area contributed by atoms with Crippen molar-refractivity contribution in [3.63, 3.8) is 0 Å². The summed E-state index contributed by atoms with van der Waals surface area (Å²) in [4.78, 5) is 0. The minimum Gasteiger partial charge on any atom is -0.316 e. The summed E-state index contributed by atoms with van der Waals surface area (Å²) in [6.45, 7) is 4.52. The Kier molecular flexibility index (Phi) is 2.64. The third kappa shape index (κ3) is 1.75. The van der Waals surface area contributed by atoms with Crippen LogP contribution in [0.15, 0.2) is 12.3 Å². The summed E-state index contributed by atoms with van der Waals surface area (Å²) in [5, 5.41) is 10.5. The van der Waals surface area contributed by atoms with Crippen LogP contribution in [0.4, 0.5) is 0 Å². The largest absolute Gasteiger partial charge is 0.316 e. The molecule has 2 atom stereocenters. The first-order chi connectivity index (χ1) is 6.42. The summed E-state index contributed by atoms with van der Waals surface area (Å²) < 4.78 is 0. The maximum atomic E-state index is 4.01. The third-order valence-corrected chi connectivity index (χ3v) is 2.92. The van der Waals surface area contributed by atoms with Gasteiger partial charge in [-0.3, -0.25) is 5.10 Å². The van der Waals surface area contributed by atoms with E-state index in [0.717, 1.165) is 19.0 Å². The molecular weight excluding hydrogens is 162 g/mol. The van der Waals surface area contributed by atoms with Gasteiger partial charge in [0.1, 0.15) is 0 Å². The van der Waals surface area contributed by atoms with E-state index in [1.807, 2.05) is 6.20 Å². The summed E-state index contributed by atoms with van der Waals surface area (Å²) >= 11 is 0. The molecule has 0 unspecified atom stereocenters. The van der Waals surface area contributed by atoms with Crippen LogP contribution < -0.4 is 5.32 Å². The van der Waals surface area contributed by atoms with Crippen LogP contribution in [0.25, 0.3) is 0 Å². The molecule has 1 aliphatic heterocycles. The molecule has 3 heteroatoms. The Bertz CT molecular complexity index is 243. The molecule has 0 aliphatic carbocycles. The average Bonchev–Trinajstić information content (AvgIpc) is 2.71. The molecule has 13 heavy (non-hydrogen) atoms. The third-order valence-electron chi connectivity index (χ3n) is 2.92. The molecular formula is C10H17N3. The zero-order valence-electron chi connectivity index (χ0n) is 8.09. The molecule has 3 nitrogen and oxygen atoms in total. The van der Waals surface area contributed by atoms with Gasteiger partial charge in [0.25, 0.3) is 0 Å². The van der Waals surface area contributed by atoms with Crippen LogP contribution in [-0.2, 0) is 0 Å². The van der Waals surface area contributed by atoms with Crippen LogP contribution in [0.3, 0.4) is 0 Å². The lowest BCUT2D eigenvalue weighted by atomic mass is 9.89. The lowest BCUT2D eigenvalue weighted by molar-refractivity contribution is 0.466. The fraction of sp³-hybridized carbons (Fsp3) is 0.700. The second-order valence-corrected chi connectivity index (χ2v) is 3.83. The van der Waals surface area contributed by atoms with E-state index in [-0.39, 0.29) is 0 Å². The molecule has 1 aromatic heterocycles. The molecule has 1 saturated heterocycles. The number of H-pyrrole nitrogens is 1. The molecule has 0 radical (unpaired) electrons. The molecule has 2 N–H and O–H groups in total. The van der Waals surface area contributed by atoms with Gasteiger partial charge in [0.05, 0.1) is 0 Å². The van der Waals surface area contributed by atoms with Crippen LogP contribution >= 0.6 is 0 Å². The van der Waals surface area contributed by atoms with Gasteiger partial charge in [0, 0.05) is 24.4 Å². The molecule has 2 rings (SSSR count). The normalized spacial score (nSPS) is 28.1. The first kappa shape index (κ1) is 8.75. The van der Waals surface area contributed by atoms with Crippen molar-refractivity contribution >= 4 is 0 Å². The van der Waals surface area contributed by atoms with Crippen molar-refractivity contribution in [2.24, 2.45) is 5.92 Å². The van der Waals surface area contributed by atoms with Crippen molar-refractivity contribution in [3.05, 3.63) is 18.0 Å². The first-order valence-corrected chi connectivity index (χ1v) is 5.11. The van der Waals surface area contributed by atoms with Crippen LogP contribution in [0.5, 0.6) is 0 Å².